The molecule has 1 N–H and O–H groups in total. The Kier molecular flexibility index (Phi) is 3.02. The molecule has 0 unspecified atom stereocenters. The second-order valence-corrected chi connectivity index (χ2v) is 5.87. The van der Waals surface area contributed by atoms with Crippen LogP contribution in [0.2, 0.25) is 0 Å². The van der Waals surface area contributed by atoms with Crippen molar-refractivity contribution in [3.8, 4) is 17.0 Å². The Morgan fingerprint density at radius 1 is 1.40 bits per heavy atom. The summed E-state index contributed by atoms with van der Waals surface area (Å²) in [5, 5.41) is 0. The van der Waals surface area contributed by atoms with Crippen LogP contribution in [0.25, 0.3) is 11.3 Å². The topological polar surface area (TPSA) is 81.4 Å². The monoisotopic (exact) mass is 294 g/mol. The maximum Gasteiger partial charge on any atom is 0.446 e. The van der Waals surface area contributed by atoms with Crippen LogP contribution < -0.4 is 4.18 Å². The van der Waals surface area contributed by atoms with Crippen LogP contribution in [0.4, 0.5) is 0 Å². The number of aromatic nitrogens is 2. The largest absolute Gasteiger partial charge is 0.446 e. The van der Waals surface area contributed by atoms with Crippen LogP contribution in [0.1, 0.15) is 17.8 Å². The van der Waals surface area contributed by atoms with E-state index in [0.29, 0.717) is 11.3 Å². The predicted octanol–water partition coefficient (Wildman–Crippen LogP) is 1.99. The molecule has 3 rings (SSSR count). The lowest BCUT2D eigenvalue weighted by Crippen LogP contribution is -2.07. The zero-order valence-electron chi connectivity index (χ0n) is 10.9. The SMILES string of the molecule is Cc1ccc(-c2cn3c(n2)CCC3)c(OS(=O)(=O)O)c1. The smallest absolute Gasteiger partial charge is 0.361 e. The predicted molar refractivity (Wildman–Crippen MR) is 72.9 cm³/mol. The quantitative estimate of drug-likeness (QED) is 0.875. The molecule has 0 fully saturated rings. The molecule has 0 aliphatic carbocycles. The van der Waals surface area contributed by atoms with E-state index in [9.17, 15) is 8.42 Å². The van der Waals surface area contributed by atoms with Crippen molar-refractivity contribution in [2.24, 2.45) is 0 Å². The summed E-state index contributed by atoms with van der Waals surface area (Å²) < 4.78 is 37.5. The Bertz CT molecular complexity index is 743. The molecule has 1 aromatic heterocycles. The average Bonchev–Trinajstić information content (AvgIpc) is 2.86. The number of fused-ring (bicyclic) bond motifs is 1. The number of aryl methyl sites for hydroxylation is 3. The van der Waals surface area contributed by atoms with Gasteiger partial charge >= 0.3 is 10.4 Å². The van der Waals surface area contributed by atoms with E-state index in [4.69, 9.17) is 4.55 Å². The first-order valence-corrected chi connectivity index (χ1v) is 7.63. The van der Waals surface area contributed by atoms with Crippen molar-refractivity contribution >= 4 is 10.4 Å². The molecule has 2 heterocycles. The van der Waals surface area contributed by atoms with Gasteiger partial charge in [0, 0.05) is 24.7 Å². The van der Waals surface area contributed by atoms with Gasteiger partial charge in [0.2, 0.25) is 0 Å². The zero-order valence-corrected chi connectivity index (χ0v) is 11.7. The Morgan fingerprint density at radius 3 is 2.90 bits per heavy atom. The fraction of sp³-hybridized carbons (Fsp3) is 0.308. The van der Waals surface area contributed by atoms with Crippen LogP contribution in [-0.4, -0.2) is 22.5 Å². The number of hydrogen-bond donors (Lipinski definition) is 1. The van der Waals surface area contributed by atoms with Gasteiger partial charge in [-0.2, -0.15) is 8.42 Å². The molecule has 2 aromatic rings. The molecule has 106 valence electrons. The molecule has 0 saturated heterocycles. The van der Waals surface area contributed by atoms with E-state index in [0.717, 1.165) is 30.8 Å². The lowest BCUT2D eigenvalue weighted by atomic mass is 10.1. The number of nitrogens with zero attached hydrogens (tertiary/aromatic N) is 2. The third-order valence-corrected chi connectivity index (χ3v) is 3.66. The van der Waals surface area contributed by atoms with Gasteiger partial charge in [0.25, 0.3) is 0 Å². The maximum atomic E-state index is 10.9. The minimum Gasteiger partial charge on any atom is -0.361 e. The van der Waals surface area contributed by atoms with Crippen LogP contribution in [0.15, 0.2) is 24.4 Å². The molecule has 0 saturated carbocycles. The van der Waals surface area contributed by atoms with E-state index in [1.807, 2.05) is 23.8 Å². The molecular formula is C13H14N2O4S. The van der Waals surface area contributed by atoms with Crippen LogP contribution in [0.5, 0.6) is 5.75 Å². The minimum atomic E-state index is -4.55. The second-order valence-electron chi connectivity index (χ2n) is 4.85. The molecular weight excluding hydrogens is 280 g/mol. The van der Waals surface area contributed by atoms with Gasteiger partial charge in [0.15, 0.2) is 5.75 Å². The van der Waals surface area contributed by atoms with E-state index >= 15 is 0 Å². The lowest BCUT2D eigenvalue weighted by molar-refractivity contribution is 0.387. The summed E-state index contributed by atoms with van der Waals surface area (Å²) in [6, 6.07) is 5.15. The summed E-state index contributed by atoms with van der Waals surface area (Å²) in [6.45, 7) is 2.73. The van der Waals surface area contributed by atoms with Gasteiger partial charge in [0.1, 0.15) is 5.82 Å². The number of benzene rings is 1. The summed E-state index contributed by atoms with van der Waals surface area (Å²) in [6.07, 6.45) is 3.87. The molecule has 0 bridgehead atoms. The first kappa shape index (κ1) is 13.1. The second kappa shape index (κ2) is 4.60. The Labute approximate surface area is 117 Å². The molecule has 1 aromatic carbocycles. The summed E-state index contributed by atoms with van der Waals surface area (Å²) in [4.78, 5) is 4.49. The van der Waals surface area contributed by atoms with Crippen molar-refractivity contribution in [1.82, 2.24) is 9.55 Å². The van der Waals surface area contributed by atoms with Crippen LogP contribution in [-0.2, 0) is 23.4 Å². The first-order valence-electron chi connectivity index (χ1n) is 6.26. The van der Waals surface area contributed by atoms with Gasteiger partial charge in [-0.15, -0.1) is 0 Å². The molecule has 20 heavy (non-hydrogen) atoms. The average molecular weight is 294 g/mol. The van der Waals surface area contributed by atoms with Crippen molar-refractivity contribution in [3.05, 3.63) is 35.8 Å². The molecule has 0 atom stereocenters. The first-order chi connectivity index (χ1) is 9.42. The lowest BCUT2D eigenvalue weighted by Gasteiger charge is -2.08. The zero-order chi connectivity index (χ0) is 14.3. The van der Waals surface area contributed by atoms with Gasteiger partial charge in [-0.1, -0.05) is 6.07 Å². The molecule has 6 nitrogen and oxygen atoms in total. The van der Waals surface area contributed by atoms with E-state index in [-0.39, 0.29) is 5.75 Å². The Morgan fingerprint density at radius 2 is 2.20 bits per heavy atom. The molecule has 7 heteroatoms. The van der Waals surface area contributed by atoms with Gasteiger partial charge in [0.05, 0.1) is 5.69 Å². The van der Waals surface area contributed by atoms with E-state index < -0.39 is 10.4 Å². The van der Waals surface area contributed by atoms with Crippen molar-refractivity contribution in [1.29, 1.82) is 0 Å². The van der Waals surface area contributed by atoms with Crippen molar-refractivity contribution in [2.45, 2.75) is 26.3 Å². The van der Waals surface area contributed by atoms with Crippen molar-refractivity contribution < 1.29 is 17.2 Å². The fourth-order valence-electron chi connectivity index (χ4n) is 2.41. The van der Waals surface area contributed by atoms with E-state index in [2.05, 4.69) is 9.17 Å². The summed E-state index contributed by atoms with van der Waals surface area (Å²) in [7, 11) is -4.55. The number of rotatable bonds is 3. The Balaban J connectivity index is 2.07. The van der Waals surface area contributed by atoms with Crippen LogP contribution in [0.3, 0.4) is 0 Å². The summed E-state index contributed by atoms with van der Waals surface area (Å²) >= 11 is 0. The highest BCUT2D eigenvalue weighted by Crippen LogP contribution is 2.32. The minimum absolute atomic E-state index is 0.0873. The van der Waals surface area contributed by atoms with Gasteiger partial charge in [-0.05, 0) is 31.0 Å². The molecule has 1 aliphatic heterocycles. The summed E-state index contributed by atoms with van der Waals surface area (Å²) in [5.41, 5.74) is 2.03. The molecule has 0 radical (unpaired) electrons. The third-order valence-electron chi connectivity index (χ3n) is 3.27. The van der Waals surface area contributed by atoms with Crippen LogP contribution in [0, 0.1) is 6.92 Å². The highest BCUT2D eigenvalue weighted by Gasteiger charge is 2.19. The Hall–Kier alpha value is -1.86. The van der Waals surface area contributed by atoms with Crippen molar-refractivity contribution in [3.63, 3.8) is 0 Å². The molecule has 0 amide bonds. The standard InChI is InChI=1S/C13H14N2O4S/c1-9-4-5-10(12(7-9)19-20(16,17)18)11-8-15-6-2-3-13(15)14-11/h4-5,7-8H,2-3,6H2,1H3,(H,16,17,18). The van der Waals surface area contributed by atoms with Gasteiger partial charge in [-0.3, -0.25) is 4.55 Å². The van der Waals surface area contributed by atoms with E-state index in [1.165, 1.54) is 0 Å². The highest BCUT2D eigenvalue weighted by molar-refractivity contribution is 7.81. The van der Waals surface area contributed by atoms with E-state index in [1.54, 1.807) is 12.1 Å². The van der Waals surface area contributed by atoms with Crippen molar-refractivity contribution in [2.75, 3.05) is 0 Å². The molecule has 1 aliphatic rings. The molecule has 0 spiro atoms. The number of imidazole rings is 1. The fourth-order valence-corrected chi connectivity index (χ4v) is 2.77. The normalized spacial score (nSPS) is 14.3. The van der Waals surface area contributed by atoms with Gasteiger partial charge < -0.3 is 8.75 Å². The highest BCUT2D eigenvalue weighted by atomic mass is 32.3. The maximum absolute atomic E-state index is 10.9. The number of hydrogen-bond acceptors (Lipinski definition) is 4. The van der Waals surface area contributed by atoms with Gasteiger partial charge in [-0.25, -0.2) is 4.98 Å². The third kappa shape index (κ3) is 2.54. The summed E-state index contributed by atoms with van der Waals surface area (Å²) in [5.74, 6) is 1.07. The van der Waals surface area contributed by atoms with Crippen LogP contribution >= 0.6 is 0 Å².